The predicted octanol–water partition coefficient (Wildman–Crippen LogP) is -1.55. The number of carboxylic acid groups (broad SMARTS) is 2. The van der Waals surface area contributed by atoms with Gasteiger partial charge in [0.05, 0.1) is 11.9 Å². The second-order valence-corrected chi connectivity index (χ2v) is 7.54. The Labute approximate surface area is 173 Å². The van der Waals surface area contributed by atoms with Crippen molar-refractivity contribution in [1.82, 2.24) is 20.2 Å². The fourth-order valence-corrected chi connectivity index (χ4v) is 4.64. The molecule has 4 atom stereocenters. The molecule has 0 aromatic carbocycles. The Morgan fingerprint density at radius 3 is 2.80 bits per heavy atom. The van der Waals surface area contributed by atoms with E-state index in [4.69, 9.17) is 10.8 Å². The van der Waals surface area contributed by atoms with Gasteiger partial charge in [-0.1, -0.05) is 11.2 Å². The number of hydrogen-bond acceptors (Lipinski definition) is 9. The van der Waals surface area contributed by atoms with E-state index < -0.39 is 53.7 Å². The van der Waals surface area contributed by atoms with Crippen molar-refractivity contribution in [1.29, 1.82) is 0 Å². The van der Waals surface area contributed by atoms with Crippen molar-refractivity contribution in [2.24, 2.45) is 11.1 Å². The summed E-state index contributed by atoms with van der Waals surface area (Å²) in [5.74, 6) is -3.88. The van der Waals surface area contributed by atoms with E-state index in [0.29, 0.717) is 5.75 Å². The molecule has 0 spiro atoms. The van der Waals surface area contributed by atoms with E-state index in [0.717, 1.165) is 0 Å². The number of nitrogens with one attached hydrogen (secondary N) is 2. The third-order valence-corrected chi connectivity index (χ3v) is 5.91. The van der Waals surface area contributed by atoms with Crippen LogP contribution < -0.4 is 11.1 Å². The molecule has 160 valence electrons. The van der Waals surface area contributed by atoms with E-state index in [-0.39, 0.29) is 17.4 Å². The zero-order valence-electron chi connectivity index (χ0n) is 15.3. The molecular formula is C16H18N6O7S. The lowest BCUT2D eigenvalue weighted by Crippen LogP contribution is -2.76. The highest BCUT2D eigenvalue weighted by atomic mass is 32.2. The zero-order valence-corrected chi connectivity index (χ0v) is 16.2. The Balaban J connectivity index is 1.76. The van der Waals surface area contributed by atoms with Gasteiger partial charge in [0, 0.05) is 11.7 Å². The second kappa shape index (κ2) is 8.44. The number of oxime groups is 1. The van der Waals surface area contributed by atoms with E-state index in [1.54, 1.807) is 0 Å². The van der Waals surface area contributed by atoms with Crippen LogP contribution in [0.4, 0.5) is 5.95 Å². The number of carbonyl (C=O) groups excluding carboxylic acids is 2. The summed E-state index contributed by atoms with van der Waals surface area (Å²) in [5.41, 5.74) is 5.17. The Morgan fingerprint density at radius 2 is 2.23 bits per heavy atom. The Morgan fingerprint density at radius 1 is 1.50 bits per heavy atom. The molecule has 4 unspecified atom stereocenters. The molecule has 0 radical (unpaired) electrons. The molecular weight excluding hydrogens is 420 g/mol. The first kappa shape index (κ1) is 21.2. The summed E-state index contributed by atoms with van der Waals surface area (Å²) < 4.78 is 0. The first-order chi connectivity index (χ1) is 14.2. The number of aromatic nitrogens is 2. The minimum atomic E-state index is -1.30. The maximum atomic E-state index is 12.7. The van der Waals surface area contributed by atoms with Crippen LogP contribution in [0.25, 0.3) is 0 Å². The summed E-state index contributed by atoms with van der Waals surface area (Å²) in [5, 5.41) is 23.6. The van der Waals surface area contributed by atoms with Crippen LogP contribution in [0.3, 0.4) is 0 Å². The van der Waals surface area contributed by atoms with Gasteiger partial charge in [0.1, 0.15) is 17.5 Å². The highest BCUT2D eigenvalue weighted by molar-refractivity contribution is 8.00. The molecule has 1 aromatic heterocycles. The number of carboxylic acids is 2. The molecule has 2 saturated heterocycles. The van der Waals surface area contributed by atoms with Crippen molar-refractivity contribution in [3.63, 3.8) is 0 Å². The van der Waals surface area contributed by atoms with E-state index in [9.17, 15) is 24.3 Å². The number of anilines is 1. The summed E-state index contributed by atoms with van der Waals surface area (Å²) in [4.78, 5) is 59.7. The molecule has 14 heteroatoms. The monoisotopic (exact) mass is 438 g/mol. The molecule has 3 heterocycles. The highest BCUT2D eigenvalue weighted by Crippen LogP contribution is 2.41. The van der Waals surface area contributed by atoms with Crippen LogP contribution >= 0.6 is 11.8 Å². The molecule has 30 heavy (non-hydrogen) atoms. The number of fused-ring (bicyclic) bond motifs is 1. The third kappa shape index (κ3) is 3.94. The summed E-state index contributed by atoms with van der Waals surface area (Å²) in [6, 6.07) is -2.05. The van der Waals surface area contributed by atoms with Crippen molar-refractivity contribution < 1.29 is 34.2 Å². The van der Waals surface area contributed by atoms with Gasteiger partial charge in [0.2, 0.25) is 12.5 Å². The molecule has 13 nitrogen and oxygen atoms in total. The number of thioether (sulfide) groups is 1. The van der Waals surface area contributed by atoms with Gasteiger partial charge in [-0.3, -0.25) is 9.59 Å². The van der Waals surface area contributed by atoms with Crippen LogP contribution in [-0.2, 0) is 24.0 Å². The number of aromatic amines is 1. The van der Waals surface area contributed by atoms with E-state index >= 15 is 0 Å². The molecule has 0 bridgehead atoms. The number of aliphatic carboxylic acids is 2. The first-order valence-corrected chi connectivity index (χ1v) is 9.62. The summed E-state index contributed by atoms with van der Waals surface area (Å²) in [6.45, 7) is 2.82. The summed E-state index contributed by atoms with van der Waals surface area (Å²) in [7, 11) is 0. The molecule has 2 fully saturated rings. The van der Waals surface area contributed by atoms with Gasteiger partial charge in [0.15, 0.2) is 11.7 Å². The number of nitrogens with zero attached hydrogens (tertiary/aromatic N) is 3. The number of imidazole rings is 1. The number of amides is 2. The zero-order chi connectivity index (χ0) is 22.0. The van der Waals surface area contributed by atoms with Gasteiger partial charge in [-0.2, -0.15) is 0 Å². The molecule has 2 aliphatic heterocycles. The third-order valence-electron chi connectivity index (χ3n) is 4.50. The lowest BCUT2D eigenvalue weighted by atomic mass is 9.93. The van der Waals surface area contributed by atoms with Crippen molar-refractivity contribution in [2.45, 2.75) is 17.5 Å². The quantitative estimate of drug-likeness (QED) is 0.137. The maximum absolute atomic E-state index is 12.7. The summed E-state index contributed by atoms with van der Waals surface area (Å²) >= 11 is 1.32. The van der Waals surface area contributed by atoms with Crippen molar-refractivity contribution in [3.8, 4) is 0 Å². The van der Waals surface area contributed by atoms with Crippen molar-refractivity contribution in [2.75, 3.05) is 18.1 Å². The normalized spacial score (nSPS) is 25.7. The molecule has 3 rings (SSSR count). The molecule has 6 N–H and O–H groups in total. The number of hydrogen-bond donors (Lipinski definition) is 5. The fourth-order valence-electron chi connectivity index (χ4n) is 3.13. The van der Waals surface area contributed by atoms with Crippen LogP contribution in [0, 0.1) is 5.92 Å². The average Bonchev–Trinajstić information content (AvgIpc) is 3.13. The minimum Gasteiger partial charge on any atom is -0.480 e. The lowest BCUT2D eigenvalue weighted by molar-refractivity contribution is -0.163. The van der Waals surface area contributed by atoms with Gasteiger partial charge in [0.25, 0.3) is 5.91 Å². The predicted molar refractivity (Wildman–Crippen MR) is 103 cm³/mol. The minimum absolute atomic E-state index is 0.0165. The maximum Gasteiger partial charge on any atom is 0.344 e. The Bertz CT molecular complexity index is 931. The largest absolute Gasteiger partial charge is 0.480 e. The number of nitrogens with two attached hydrogens (primary N) is 1. The number of carbonyl (C=O) groups is 4. The number of H-pyrrole nitrogens is 1. The number of nitrogen functional groups attached to an aromatic ring is 1. The van der Waals surface area contributed by atoms with Crippen LogP contribution in [0.2, 0.25) is 0 Å². The second-order valence-electron chi connectivity index (χ2n) is 6.39. The first-order valence-electron chi connectivity index (χ1n) is 8.57. The van der Waals surface area contributed by atoms with Gasteiger partial charge in [-0.25, -0.2) is 14.6 Å². The standard InChI is InChI=1S/C16H18N6O7S/c1-2-6-5-30-14-10(13(26)22(14)11(6)15(27)28)20-12(25)9(21-29-4-8(23)24)7-3-18-16(17)19-7/h2-3,6,10-11,14H,1,4-5H2,(H,20,25)(H,23,24)(H,27,28)(H3,17,18,19)/b21-9+. The van der Waals surface area contributed by atoms with Crippen LogP contribution in [0.5, 0.6) is 0 Å². The number of β-lactam (4-membered cyclic amide) rings is 1. The van der Waals surface area contributed by atoms with E-state index in [1.807, 2.05) is 0 Å². The van der Waals surface area contributed by atoms with Gasteiger partial charge < -0.3 is 36.0 Å². The molecule has 1 aromatic rings. The average molecular weight is 438 g/mol. The highest BCUT2D eigenvalue weighted by Gasteiger charge is 2.57. The topological polar surface area (TPSA) is 200 Å². The van der Waals surface area contributed by atoms with Gasteiger partial charge in [-0.05, 0) is 0 Å². The molecule has 0 aliphatic carbocycles. The van der Waals surface area contributed by atoms with Gasteiger partial charge >= 0.3 is 11.9 Å². The van der Waals surface area contributed by atoms with E-state index in [2.05, 4.69) is 31.9 Å². The van der Waals surface area contributed by atoms with Crippen molar-refractivity contribution in [3.05, 3.63) is 24.5 Å². The van der Waals surface area contributed by atoms with Gasteiger partial charge in [-0.15, -0.1) is 18.3 Å². The van der Waals surface area contributed by atoms with Crippen molar-refractivity contribution >= 4 is 47.2 Å². The Kier molecular flexibility index (Phi) is 5.96. The SMILES string of the molecule is C=CC1CSC2C(NC(=O)/C(=N/OCC(=O)O)c3cnc(N)[nH]3)C(=O)N2C1C(=O)O. The van der Waals surface area contributed by atoms with Crippen LogP contribution in [-0.4, -0.2) is 84.4 Å². The summed E-state index contributed by atoms with van der Waals surface area (Å²) in [6.07, 6.45) is 2.69. The smallest absolute Gasteiger partial charge is 0.344 e. The van der Waals surface area contributed by atoms with Crippen LogP contribution in [0.15, 0.2) is 24.0 Å². The molecule has 2 amide bonds. The molecule has 2 aliphatic rings. The fraction of sp³-hybridized carbons (Fsp3) is 0.375. The number of rotatable bonds is 8. The lowest BCUT2D eigenvalue weighted by Gasteiger charge is -2.53. The van der Waals surface area contributed by atoms with Crippen LogP contribution in [0.1, 0.15) is 5.69 Å². The van der Waals surface area contributed by atoms with E-state index in [1.165, 1.54) is 28.9 Å². The Hall–Kier alpha value is -3.55. The molecule has 0 saturated carbocycles.